The molecule has 2 aliphatic heterocycles. The molecule has 0 spiro atoms. The van der Waals surface area contributed by atoms with Crippen LogP contribution in [0.3, 0.4) is 0 Å². The number of phenols is 1. The molecular weight excluding hydrogens is 754 g/mol. The summed E-state index contributed by atoms with van der Waals surface area (Å²) in [6.07, 6.45) is 1.00. The van der Waals surface area contributed by atoms with Crippen molar-refractivity contribution >= 4 is 47.5 Å². The summed E-state index contributed by atoms with van der Waals surface area (Å²) in [4.78, 5) is 107. The Morgan fingerprint density at radius 2 is 1.29 bits per heavy atom. The number of benzene rings is 2. The van der Waals surface area contributed by atoms with Gasteiger partial charge in [-0.3, -0.25) is 28.8 Å². The van der Waals surface area contributed by atoms with Crippen molar-refractivity contribution in [1.29, 1.82) is 0 Å². The maximum atomic E-state index is 14.2. The minimum Gasteiger partial charge on any atom is -0.508 e. The van der Waals surface area contributed by atoms with E-state index >= 15 is 0 Å². The summed E-state index contributed by atoms with van der Waals surface area (Å²) >= 11 is 0. The molecule has 2 heterocycles. The number of alkyl carbamates (subject to hydrolysis) is 1. The van der Waals surface area contributed by atoms with Gasteiger partial charge in [0.1, 0.15) is 42.1 Å². The van der Waals surface area contributed by atoms with E-state index in [9.17, 15) is 43.5 Å². The van der Waals surface area contributed by atoms with E-state index < -0.39 is 96.9 Å². The van der Waals surface area contributed by atoms with Gasteiger partial charge in [-0.1, -0.05) is 42.5 Å². The summed E-state index contributed by atoms with van der Waals surface area (Å²) in [7, 11) is 1.18. The molecule has 4 rings (SSSR count). The van der Waals surface area contributed by atoms with Crippen LogP contribution in [0.1, 0.15) is 57.6 Å². The first-order valence-electron chi connectivity index (χ1n) is 19.1. The first kappa shape index (κ1) is 44.5. The van der Waals surface area contributed by atoms with E-state index in [0.717, 1.165) is 5.56 Å². The maximum Gasteiger partial charge on any atom is 0.408 e. The SMILES string of the molecule is COC(=O)[C@H](Cc1ccc(O)cc1)NC(=O)CNC(=O)[C@@H]1CCCN1C(=O)[C@H](Cc1ccccc1)NC(=O)[C@@H]1CCCN1C(=O)CNC(=O)CNC(=O)OC(C)(C)C. The van der Waals surface area contributed by atoms with Crippen LogP contribution in [0, 0.1) is 0 Å². The molecule has 2 fully saturated rings. The van der Waals surface area contributed by atoms with Gasteiger partial charge < -0.3 is 51.0 Å². The average Bonchev–Trinajstić information content (AvgIpc) is 3.89. The lowest BCUT2D eigenvalue weighted by molar-refractivity contribution is -0.145. The molecule has 2 aromatic carbocycles. The second-order valence-electron chi connectivity index (χ2n) is 15.0. The first-order chi connectivity index (χ1) is 27.5. The number of aromatic hydroxyl groups is 1. The highest BCUT2D eigenvalue weighted by Crippen LogP contribution is 2.22. The van der Waals surface area contributed by atoms with Crippen molar-refractivity contribution in [2.75, 3.05) is 39.8 Å². The van der Waals surface area contributed by atoms with E-state index in [2.05, 4.69) is 26.6 Å². The van der Waals surface area contributed by atoms with Crippen molar-refractivity contribution in [3.05, 3.63) is 65.7 Å². The van der Waals surface area contributed by atoms with E-state index in [4.69, 9.17) is 9.47 Å². The molecular formula is C40H53N7O11. The Morgan fingerprint density at radius 1 is 0.707 bits per heavy atom. The Balaban J connectivity index is 1.36. The lowest BCUT2D eigenvalue weighted by Gasteiger charge is -2.31. The monoisotopic (exact) mass is 807 g/mol. The van der Waals surface area contributed by atoms with Crippen LogP contribution in [0.5, 0.6) is 5.75 Å². The van der Waals surface area contributed by atoms with Crippen LogP contribution in [-0.4, -0.2) is 132 Å². The number of carbonyl (C=O) groups is 8. The molecule has 2 aromatic rings. The van der Waals surface area contributed by atoms with E-state index in [1.807, 2.05) is 6.07 Å². The number of ether oxygens (including phenoxy) is 2. The van der Waals surface area contributed by atoms with Crippen LogP contribution in [-0.2, 0) is 55.9 Å². The van der Waals surface area contributed by atoms with Gasteiger partial charge in [-0.2, -0.15) is 0 Å². The Bertz CT molecular complexity index is 1800. The van der Waals surface area contributed by atoms with Gasteiger partial charge in [-0.25, -0.2) is 9.59 Å². The maximum absolute atomic E-state index is 14.2. The number of rotatable bonds is 16. The Labute approximate surface area is 336 Å². The van der Waals surface area contributed by atoms with Gasteiger partial charge in [0.25, 0.3) is 0 Å². The quantitative estimate of drug-likeness (QED) is 0.124. The van der Waals surface area contributed by atoms with Gasteiger partial charge in [0.05, 0.1) is 20.2 Å². The summed E-state index contributed by atoms with van der Waals surface area (Å²) in [6.45, 7) is 4.17. The van der Waals surface area contributed by atoms with E-state index in [0.29, 0.717) is 31.2 Å². The lowest BCUT2D eigenvalue weighted by Crippen LogP contribution is -2.57. The number of amides is 7. The van der Waals surface area contributed by atoms with Gasteiger partial charge in [0.15, 0.2) is 0 Å². The zero-order chi connectivity index (χ0) is 42.4. The molecule has 18 heteroatoms. The van der Waals surface area contributed by atoms with E-state index in [-0.39, 0.29) is 31.7 Å². The largest absolute Gasteiger partial charge is 0.508 e. The summed E-state index contributed by atoms with van der Waals surface area (Å²) in [6, 6.07) is 11.0. The number of nitrogens with one attached hydrogen (secondary N) is 5. The molecule has 0 aliphatic carbocycles. The minimum absolute atomic E-state index is 0.0404. The number of likely N-dealkylation sites (tertiary alicyclic amines) is 2. The highest BCUT2D eigenvalue weighted by Gasteiger charge is 2.40. The molecule has 7 amide bonds. The van der Waals surface area contributed by atoms with E-state index in [1.54, 1.807) is 57.2 Å². The normalized spacial score (nSPS) is 17.3. The highest BCUT2D eigenvalue weighted by atomic mass is 16.6. The zero-order valence-corrected chi connectivity index (χ0v) is 33.2. The molecule has 0 aromatic heterocycles. The fourth-order valence-corrected chi connectivity index (χ4v) is 6.70. The molecule has 58 heavy (non-hydrogen) atoms. The van der Waals surface area contributed by atoms with Crippen LogP contribution >= 0.6 is 0 Å². The third-order valence-electron chi connectivity index (χ3n) is 9.46. The Morgan fingerprint density at radius 3 is 1.93 bits per heavy atom. The van der Waals surface area contributed by atoms with Gasteiger partial charge in [0, 0.05) is 25.9 Å². The number of methoxy groups -OCH3 is 1. The number of esters is 1. The molecule has 0 radical (unpaired) electrons. The smallest absolute Gasteiger partial charge is 0.408 e. The third kappa shape index (κ3) is 13.5. The number of carbonyl (C=O) groups excluding carboxylic acids is 8. The van der Waals surface area contributed by atoms with Crippen LogP contribution in [0.4, 0.5) is 4.79 Å². The molecule has 0 saturated carbocycles. The Hall–Kier alpha value is -6.20. The zero-order valence-electron chi connectivity index (χ0n) is 33.2. The van der Waals surface area contributed by atoms with Crippen molar-refractivity contribution < 1.29 is 52.9 Å². The van der Waals surface area contributed by atoms with Gasteiger partial charge >= 0.3 is 12.1 Å². The lowest BCUT2D eigenvalue weighted by atomic mass is 10.0. The Kier molecular flexibility index (Phi) is 16.0. The molecule has 2 aliphatic rings. The number of nitrogens with zero attached hydrogens (tertiary/aromatic N) is 2. The van der Waals surface area contributed by atoms with Gasteiger partial charge in [-0.15, -0.1) is 0 Å². The van der Waals surface area contributed by atoms with E-state index in [1.165, 1.54) is 29.0 Å². The van der Waals surface area contributed by atoms with Crippen LogP contribution in [0.2, 0.25) is 0 Å². The predicted molar refractivity (Wildman–Crippen MR) is 208 cm³/mol. The van der Waals surface area contributed by atoms with Gasteiger partial charge in [-0.05, 0) is 69.7 Å². The van der Waals surface area contributed by atoms with Gasteiger partial charge in [0.2, 0.25) is 35.4 Å². The van der Waals surface area contributed by atoms with Crippen molar-refractivity contribution in [2.24, 2.45) is 0 Å². The average molecular weight is 808 g/mol. The summed E-state index contributed by atoms with van der Waals surface area (Å²) in [5.41, 5.74) is 0.637. The molecule has 314 valence electrons. The number of hydrogen-bond donors (Lipinski definition) is 6. The fourth-order valence-electron chi connectivity index (χ4n) is 6.70. The highest BCUT2D eigenvalue weighted by molar-refractivity contribution is 5.96. The standard InChI is InChI=1S/C40H53N7O11/c1-40(2,3)58-39(56)43-22-32(49)41-24-34(51)46-18-8-13-31(46)36(53)45-28(20-25-10-6-5-7-11-25)37(54)47-19-9-12-30(47)35(52)42-23-33(50)44-29(38(55)57-4)21-26-14-16-27(48)17-15-26/h5-7,10-11,14-17,28-31,48H,8-9,12-13,18-24H2,1-4H3,(H,41,49)(H,42,52)(H,43,56)(H,44,50)(H,45,53)/t28-,29-,30-,31-/m0/s1. The fraction of sp³-hybridized carbons (Fsp3) is 0.500. The molecule has 0 bridgehead atoms. The minimum atomic E-state index is -1.11. The molecule has 0 unspecified atom stereocenters. The topological polar surface area (TPSA) is 242 Å². The predicted octanol–water partition coefficient (Wildman–Crippen LogP) is 0.0591. The number of phenolic OH excluding ortho intramolecular Hbond substituents is 1. The molecule has 4 atom stereocenters. The summed E-state index contributed by atoms with van der Waals surface area (Å²) in [5, 5.41) is 22.3. The van der Waals surface area contributed by atoms with Crippen molar-refractivity contribution in [3.63, 3.8) is 0 Å². The second-order valence-corrected chi connectivity index (χ2v) is 15.0. The summed E-state index contributed by atoms with van der Waals surface area (Å²) in [5.74, 6) is -4.15. The molecule has 6 N–H and O–H groups in total. The van der Waals surface area contributed by atoms with Crippen molar-refractivity contribution in [2.45, 2.75) is 89.1 Å². The second kappa shape index (κ2) is 20.8. The number of hydrogen-bond acceptors (Lipinski definition) is 11. The van der Waals surface area contributed by atoms with Crippen LogP contribution in [0.15, 0.2) is 54.6 Å². The van der Waals surface area contributed by atoms with Crippen LogP contribution in [0.25, 0.3) is 0 Å². The molecule has 2 saturated heterocycles. The van der Waals surface area contributed by atoms with Crippen molar-refractivity contribution in [3.8, 4) is 5.75 Å². The van der Waals surface area contributed by atoms with Crippen molar-refractivity contribution in [1.82, 2.24) is 36.4 Å². The third-order valence-corrected chi connectivity index (χ3v) is 9.46. The van der Waals surface area contributed by atoms with Crippen LogP contribution < -0.4 is 26.6 Å². The first-order valence-corrected chi connectivity index (χ1v) is 19.1. The molecule has 18 nitrogen and oxygen atoms in total. The summed E-state index contributed by atoms with van der Waals surface area (Å²) < 4.78 is 9.93.